The molecule has 14 nitrogen and oxygen atoms in total. The first kappa shape index (κ1) is 43.3. The number of rotatable bonds is 11. The van der Waals surface area contributed by atoms with Crippen LogP contribution in [0, 0.1) is 5.41 Å². The van der Waals surface area contributed by atoms with Crippen molar-refractivity contribution >= 4 is 35.4 Å². The standard InChI is InChI=1S/C44H55N7O7/c45-22-26-58-27-24-47-41(55)37-20-23-46-38(52)18-19-40(54)51-25-9-21-44(31-51,29-33-12-5-2-6-13-33)43(57)50-36(17-16-32-10-3-1-4-11-32)42(56)48-30-35-15-8-7-14-34(35)28-39(53)49-37/h1-8,10-15,18-19,36-37H,9,16-17,20-31,45H2,(H,46,52)(H,47,55)(H,48,56)(H,49,53)(H,50,57)/b19-18+/t36-,37-,44-/m0/s1. The van der Waals surface area contributed by atoms with E-state index in [2.05, 4.69) is 26.6 Å². The van der Waals surface area contributed by atoms with Gasteiger partial charge in [-0.2, -0.15) is 0 Å². The van der Waals surface area contributed by atoms with Gasteiger partial charge in [0.15, 0.2) is 0 Å². The molecule has 5 rings (SSSR count). The topological polar surface area (TPSA) is 201 Å². The van der Waals surface area contributed by atoms with Gasteiger partial charge in [-0.3, -0.25) is 28.8 Å². The first-order valence-electron chi connectivity index (χ1n) is 20.0. The average molecular weight is 794 g/mol. The average Bonchev–Trinajstić information content (AvgIpc) is 3.23. The minimum Gasteiger partial charge on any atom is -0.378 e. The number of nitrogens with one attached hydrogen (secondary N) is 5. The Labute approximate surface area is 339 Å². The van der Waals surface area contributed by atoms with Crippen molar-refractivity contribution in [1.29, 1.82) is 0 Å². The fourth-order valence-corrected chi connectivity index (χ4v) is 7.35. The Hall–Kier alpha value is -5.86. The lowest BCUT2D eigenvalue weighted by Gasteiger charge is -2.42. The maximum absolute atomic E-state index is 14.6. The molecule has 2 aliphatic rings. The number of carbonyl (C=O) groups excluding carboxylic acids is 6. The number of hydrogen-bond acceptors (Lipinski definition) is 8. The second-order valence-electron chi connectivity index (χ2n) is 14.7. The molecular weight excluding hydrogens is 739 g/mol. The summed E-state index contributed by atoms with van der Waals surface area (Å²) in [7, 11) is 0. The van der Waals surface area contributed by atoms with Crippen molar-refractivity contribution in [3.8, 4) is 0 Å². The van der Waals surface area contributed by atoms with Crippen LogP contribution in [0.2, 0.25) is 0 Å². The molecule has 58 heavy (non-hydrogen) atoms. The summed E-state index contributed by atoms with van der Waals surface area (Å²) >= 11 is 0. The van der Waals surface area contributed by atoms with Gasteiger partial charge in [0.2, 0.25) is 35.4 Å². The van der Waals surface area contributed by atoms with Crippen molar-refractivity contribution in [2.24, 2.45) is 11.1 Å². The van der Waals surface area contributed by atoms with Gasteiger partial charge in [-0.1, -0.05) is 84.9 Å². The second-order valence-corrected chi connectivity index (χ2v) is 14.7. The zero-order chi connectivity index (χ0) is 41.2. The van der Waals surface area contributed by atoms with Crippen LogP contribution in [0.5, 0.6) is 0 Å². The molecule has 3 aromatic rings. The lowest BCUT2D eigenvalue weighted by atomic mass is 9.74. The van der Waals surface area contributed by atoms with Crippen molar-refractivity contribution in [2.75, 3.05) is 45.9 Å². The summed E-state index contributed by atoms with van der Waals surface area (Å²) in [5, 5.41) is 14.4. The van der Waals surface area contributed by atoms with Gasteiger partial charge in [0.25, 0.3) is 0 Å². The highest BCUT2D eigenvalue weighted by atomic mass is 16.5. The molecule has 1 saturated heterocycles. The second kappa shape index (κ2) is 22.2. The fourth-order valence-electron chi connectivity index (χ4n) is 7.35. The van der Waals surface area contributed by atoms with Gasteiger partial charge >= 0.3 is 0 Å². The third-order valence-electron chi connectivity index (χ3n) is 10.4. The molecule has 0 aliphatic carbocycles. The van der Waals surface area contributed by atoms with Gasteiger partial charge in [0.05, 0.1) is 25.0 Å². The quantitative estimate of drug-likeness (QED) is 0.157. The molecule has 2 heterocycles. The van der Waals surface area contributed by atoms with Gasteiger partial charge in [0.1, 0.15) is 12.1 Å². The molecule has 2 aliphatic heterocycles. The van der Waals surface area contributed by atoms with Crippen molar-refractivity contribution in [1.82, 2.24) is 31.5 Å². The zero-order valence-electron chi connectivity index (χ0n) is 32.9. The van der Waals surface area contributed by atoms with Gasteiger partial charge < -0.3 is 42.0 Å². The fraction of sp³-hybridized carbons (Fsp3) is 0.409. The summed E-state index contributed by atoms with van der Waals surface area (Å²) in [5.41, 5.74) is 7.68. The molecule has 0 aromatic heterocycles. The highest BCUT2D eigenvalue weighted by molar-refractivity contribution is 5.97. The number of piperidine rings is 1. The van der Waals surface area contributed by atoms with Crippen LogP contribution < -0.4 is 32.3 Å². The number of hydrogen-bond donors (Lipinski definition) is 6. The van der Waals surface area contributed by atoms with E-state index in [0.717, 1.165) is 17.2 Å². The molecule has 7 N–H and O–H groups in total. The maximum atomic E-state index is 14.6. The van der Waals surface area contributed by atoms with Crippen LogP contribution in [0.15, 0.2) is 97.1 Å². The van der Waals surface area contributed by atoms with Gasteiger partial charge in [-0.15, -0.1) is 0 Å². The molecule has 2 bridgehead atoms. The maximum Gasteiger partial charge on any atom is 0.246 e. The van der Waals surface area contributed by atoms with E-state index in [1.165, 1.54) is 6.08 Å². The Morgan fingerprint density at radius 3 is 2.29 bits per heavy atom. The van der Waals surface area contributed by atoms with Crippen LogP contribution in [-0.4, -0.2) is 98.4 Å². The highest BCUT2D eigenvalue weighted by Crippen LogP contribution is 2.35. The first-order valence-corrected chi connectivity index (χ1v) is 20.0. The van der Waals surface area contributed by atoms with Crippen molar-refractivity contribution in [3.05, 3.63) is 119 Å². The molecule has 0 unspecified atom stereocenters. The largest absolute Gasteiger partial charge is 0.378 e. The lowest BCUT2D eigenvalue weighted by molar-refractivity contribution is -0.141. The summed E-state index contributed by atoms with van der Waals surface area (Å²) in [5.74, 6) is -2.58. The third kappa shape index (κ3) is 13.1. The van der Waals surface area contributed by atoms with E-state index in [1.54, 1.807) is 17.0 Å². The molecule has 0 radical (unpaired) electrons. The van der Waals surface area contributed by atoms with Crippen LogP contribution in [0.3, 0.4) is 0 Å². The summed E-state index contributed by atoms with van der Waals surface area (Å²) in [6.07, 6.45) is 4.50. The Balaban J connectivity index is 1.43. The van der Waals surface area contributed by atoms with Crippen LogP contribution >= 0.6 is 0 Å². The minimum atomic E-state index is -1.06. The molecule has 308 valence electrons. The van der Waals surface area contributed by atoms with E-state index in [9.17, 15) is 28.8 Å². The molecule has 0 saturated carbocycles. The molecule has 1 fully saturated rings. The van der Waals surface area contributed by atoms with E-state index in [0.29, 0.717) is 62.9 Å². The Morgan fingerprint density at radius 2 is 1.55 bits per heavy atom. The van der Waals surface area contributed by atoms with Crippen molar-refractivity contribution in [3.63, 3.8) is 0 Å². The third-order valence-corrected chi connectivity index (χ3v) is 10.4. The number of ether oxygens (including phenoxy) is 1. The predicted molar refractivity (Wildman–Crippen MR) is 219 cm³/mol. The van der Waals surface area contributed by atoms with E-state index >= 15 is 0 Å². The molecule has 3 atom stereocenters. The Kier molecular flexibility index (Phi) is 16.5. The van der Waals surface area contributed by atoms with E-state index < -0.39 is 41.1 Å². The first-order chi connectivity index (χ1) is 28.2. The normalized spacial score (nSPS) is 21.8. The lowest BCUT2D eigenvalue weighted by Crippen LogP contribution is -2.58. The number of amides is 6. The SMILES string of the molecule is NCCOCCNC(=O)[C@@H]1CCNC(=O)/C=C/C(=O)N2CCC[C@](Cc3ccccc3)(C2)C(=O)N[C@@H](CCc2ccccc2)C(=O)NCc2ccccc2CC(=O)N1. The number of nitrogens with zero attached hydrogens (tertiary/aromatic N) is 1. The van der Waals surface area contributed by atoms with E-state index in [-0.39, 0.29) is 57.4 Å². The van der Waals surface area contributed by atoms with Crippen molar-refractivity contribution in [2.45, 2.75) is 63.6 Å². The summed E-state index contributed by atoms with van der Waals surface area (Å²) in [6.45, 7) is 1.70. The highest BCUT2D eigenvalue weighted by Gasteiger charge is 2.44. The molecular formula is C44H55N7O7. The van der Waals surface area contributed by atoms with Crippen LogP contribution in [-0.2, 0) is 59.3 Å². The zero-order valence-corrected chi connectivity index (χ0v) is 32.9. The Bertz CT molecular complexity index is 1890. The minimum absolute atomic E-state index is 0.0253. The summed E-state index contributed by atoms with van der Waals surface area (Å²) < 4.78 is 5.35. The molecule has 3 aromatic carbocycles. The number of benzene rings is 3. The predicted octanol–water partition coefficient (Wildman–Crippen LogP) is 1.47. The number of aryl methyl sites for hydroxylation is 1. The smallest absolute Gasteiger partial charge is 0.246 e. The van der Waals surface area contributed by atoms with Gasteiger partial charge in [-0.25, -0.2) is 0 Å². The van der Waals surface area contributed by atoms with Crippen LogP contribution in [0.25, 0.3) is 0 Å². The Morgan fingerprint density at radius 1 is 0.845 bits per heavy atom. The van der Waals surface area contributed by atoms with Gasteiger partial charge in [0, 0.05) is 51.4 Å². The molecule has 6 amide bonds. The molecule has 0 spiro atoms. The van der Waals surface area contributed by atoms with E-state index in [1.807, 2.05) is 72.8 Å². The number of nitrogens with two attached hydrogens (primary N) is 1. The van der Waals surface area contributed by atoms with E-state index in [4.69, 9.17) is 10.5 Å². The van der Waals surface area contributed by atoms with Gasteiger partial charge in [-0.05, 0) is 60.8 Å². The summed E-state index contributed by atoms with van der Waals surface area (Å²) in [6, 6.07) is 24.6. The molecule has 14 heteroatoms. The van der Waals surface area contributed by atoms with Crippen LogP contribution in [0.1, 0.15) is 47.9 Å². The number of carbonyl (C=O) groups is 6. The van der Waals surface area contributed by atoms with Crippen molar-refractivity contribution < 1.29 is 33.5 Å². The number of fused-ring (bicyclic) bond motifs is 3. The monoisotopic (exact) mass is 793 g/mol. The van der Waals surface area contributed by atoms with Crippen LogP contribution in [0.4, 0.5) is 0 Å². The summed E-state index contributed by atoms with van der Waals surface area (Å²) in [4.78, 5) is 83.5.